The van der Waals surface area contributed by atoms with Crippen LogP contribution in [0.5, 0.6) is 5.75 Å². The summed E-state index contributed by atoms with van der Waals surface area (Å²) in [5, 5.41) is 1.31. The topological polar surface area (TPSA) is 16.4 Å². The van der Waals surface area contributed by atoms with Gasteiger partial charge < -0.3 is 9.64 Å². The van der Waals surface area contributed by atoms with Crippen molar-refractivity contribution in [3.05, 3.63) is 83.7 Å². The van der Waals surface area contributed by atoms with Crippen molar-refractivity contribution in [2.75, 3.05) is 11.4 Å². The summed E-state index contributed by atoms with van der Waals surface area (Å²) in [6.07, 6.45) is 8.61. The SMILES string of the molecule is C=C(/C=C1\Oc2ccccc2N1CC)CC(C)(C)C/C=C\c1sc2ccccc2[n+]1CC. The second kappa shape index (κ2) is 9.33. The summed E-state index contributed by atoms with van der Waals surface area (Å²) >= 11 is 1.86. The molecule has 3 aromatic rings. The van der Waals surface area contributed by atoms with Crippen molar-refractivity contribution in [3.63, 3.8) is 0 Å². The van der Waals surface area contributed by atoms with E-state index in [0.717, 1.165) is 48.8 Å². The summed E-state index contributed by atoms with van der Waals surface area (Å²) in [6.45, 7) is 15.2. The molecule has 2 aromatic carbocycles. The van der Waals surface area contributed by atoms with Crippen molar-refractivity contribution in [3.8, 4) is 5.75 Å². The highest BCUT2D eigenvalue weighted by atomic mass is 32.1. The average molecular weight is 446 g/mol. The Balaban J connectivity index is 1.43. The highest BCUT2D eigenvalue weighted by molar-refractivity contribution is 7.18. The van der Waals surface area contributed by atoms with Crippen molar-refractivity contribution in [1.29, 1.82) is 0 Å². The maximum Gasteiger partial charge on any atom is 0.262 e. The second-order valence-electron chi connectivity index (χ2n) is 9.05. The summed E-state index contributed by atoms with van der Waals surface area (Å²) in [6, 6.07) is 16.8. The van der Waals surface area contributed by atoms with E-state index in [2.05, 4.69) is 98.4 Å². The number of fused-ring (bicyclic) bond motifs is 2. The fraction of sp³-hybridized carbons (Fsp3) is 0.321. The van der Waals surface area contributed by atoms with Gasteiger partial charge in [-0.05, 0) is 55.9 Å². The van der Waals surface area contributed by atoms with Crippen LogP contribution in [-0.4, -0.2) is 6.54 Å². The summed E-state index contributed by atoms with van der Waals surface area (Å²) in [4.78, 5) is 2.21. The third kappa shape index (κ3) is 4.66. The Morgan fingerprint density at radius 1 is 1.12 bits per heavy atom. The maximum absolute atomic E-state index is 6.10. The smallest absolute Gasteiger partial charge is 0.262 e. The molecule has 32 heavy (non-hydrogen) atoms. The molecule has 4 rings (SSSR count). The minimum atomic E-state index is 0.112. The van der Waals surface area contributed by atoms with E-state index in [4.69, 9.17) is 4.74 Å². The van der Waals surface area contributed by atoms with Gasteiger partial charge in [0.25, 0.3) is 5.01 Å². The minimum absolute atomic E-state index is 0.112. The molecule has 0 N–H and O–H groups in total. The first-order valence-electron chi connectivity index (χ1n) is 11.4. The van der Waals surface area contributed by atoms with Gasteiger partial charge in [0.05, 0.1) is 5.69 Å². The Hall–Kier alpha value is -2.85. The van der Waals surface area contributed by atoms with Crippen molar-refractivity contribution >= 4 is 33.3 Å². The van der Waals surface area contributed by atoms with Gasteiger partial charge in [0, 0.05) is 24.8 Å². The van der Waals surface area contributed by atoms with Crippen LogP contribution >= 0.6 is 11.3 Å². The number of hydrogen-bond donors (Lipinski definition) is 0. The first kappa shape index (κ1) is 22.3. The standard InChI is InChI=1S/C28H33N2OS/c1-6-29-22-13-8-10-15-24(22)31-26(29)19-21(3)20-28(4,5)18-12-17-27-30(7-2)23-14-9-11-16-25(23)32-27/h8-17,19H,3,6-7,18,20H2,1-2,4-5H3/q+1/b17-12-,26-19-. The predicted octanol–water partition coefficient (Wildman–Crippen LogP) is 7.34. The molecule has 0 fully saturated rings. The number of hydrogen-bond acceptors (Lipinski definition) is 3. The molecule has 4 heteroatoms. The summed E-state index contributed by atoms with van der Waals surface area (Å²) in [5.41, 5.74) is 3.65. The lowest BCUT2D eigenvalue weighted by Gasteiger charge is -2.24. The molecule has 0 spiro atoms. The molecular weight excluding hydrogens is 412 g/mol. The van der Waals surface area contributed by atoms with Gasteiger partial charge in [0.15, 0.2) is 5.75 Å². The van der Waals surface area contributed by atoms with Gasteiger partial charge in [-0.15, -0.1) is 0 Å². The zero-order chi connectivity index (χ0) is 22.7. The molecule has 0 amide bonds. The number of rotatable bonds is 8. The lowest BCUT2D eigenvalue weighted by atomic mass is 9.82. The van der Waals surface area contributed by atoms with Crippen LogP contribution < -0.4 is 14.2 Å². The number of nitrogens with zero attached hydrogens (tertiary/aromatic N) is 2. The van der Waals surface area contributed by atoms with Gasteiger partial charge in [0.1, 0.15) is 11.2 Å². The fourth-order valence-electron chi connectivity index (χ4n) is 4.38. The Bertz CT molecular complexity index is 1190. The number of benzene rings is 2. The normalized spacial score (nSPS) is 15.0. The van der Waals surface area contributed by atoms with Crippen LogP contribution in [0.1, 0.15) is 45.5 Å². The number of aromatic nitrogens is 1. The Kier molecular flexibility index (Phi) is 6.52. The molecule has 0 atom stereocenters. The van der Waals surface area contributed by atoms with Crippen LogP contribution in [-0.2, 0) is 6.54 Å². The summed E-state index contributed by atoms with van der Waals surface area (Å²) in [7, 11) is 0. The van der Waals surface area contributed by atoms with E-state index < -0.39 is 0 Å². The van der Waals surface area contributed by atoms with Gasteiger partial charge >= 0.3 is 0 Å². The molecular formula is C28H33N2OS+. The monoisotopic (exact) mass is 445 g/mol. The van der Waals surface area contributed by atoms with Crippen LogP contribution in [0.15, 0.2) is 78.7 Å². The van der Waals surface area contributed by atoms with Crippen molar-refractivity contribution in [1.82, 2.24) is 0 Å². The number of para-hydroxylation sites is 3. The van der Waals surface area contributed by atoms with Crippen LogP contribution in [0.4, 0.5) is 5.69 Å². The summed E-state index contributed by atoms with van der Waals surface area (Å²) < 4.78 is 9.83. The lowest BCUT2D eigenvalue weighted by Crippen LogP contribution is -2.33. The van der Waals surface area contributed by atoms with E-state index in [1.807, 2.05) is 23.5 Å². The average Bonchev–Trinajstić information content (AvgIpc) is 3.29. The van der Waals surface area contributed by atoms with Crippen LogP contribution in [0.25, 0.3) is 16.3 Å². The quantitative estimate of drug-likeness (QED) is 0.337. The number of aryl methyl sites for hydroxylation is 1. The maximum atomic E-state index is 6.10. The van der Waals surface area contributed by atoms with E-state index in [1.54, 1.807) is 0 Å². The van der Waals surface area contributed by atoms with Crippen LogP contribution in [0, 0.1) is 5.41 Å². The third-order valence-corrected chi connectivity index (χ3v) is 7.00. The van der Waals surface area contributed by atoms with Crippen molar-refractivity contribution < 1.29 is 9.30 Å². The molecule has 1 aromatic heterocycles. The first-order chi connectivity index (χ1) is 15.4. The van der Waals surface area contributed by atoms with E-state index >= 15 is 0 Å². The highest BCUT2D eigenvalue weighted by Gasteiger charge is 2.25. The number of ether oxygens (including phenoxy) is 1. The van der Waals surface area contributed by atoms with Gasteiger partial charge in [-0.3, -0.25) is 0 Å². The molecule has 166 valence electrons. The number of allylic oxidation sites excluding steroid dienone is 3. The fourth-order valence-corrected chi connectivity index (χ4v) is 5.54. The third-order valence-electron chi connectivity index (χ3n) is 5.87. The molecule has 0 radical (unpaired) electrons. The van der Waals surface area contributed by atoms with Crippen molar-refractivity contribution in [2.24, 2.45) is 5.41 Å². The molecule has 0 saturated carbocycles. The first-order valence-corrected chi connectivity index (χ1v) is 12.3. The van der Waals surface area contributed by atoms with E-state index in [1.165, 1.54) is 15.2 Å². The van der Waals surface area contributed by atoms with E-state index in [0.29, 0.717) is 0 Å². The van der Waals surface area contributed by atoms with Gasteiger partial charge in [0.2, 0.25) is 11.4 Å². The second-order valence-corrected chi connectivity index (χ2v) is 10.1. The molecule has 1 aliphatic rings. The van der Waals surface area contributed by atoms with Gasteiger partial charge in [-0.1, -0.05) is 62.1 Å². The lowest BCUT2D eigenvalue weighted by molar-refractivity contribution is -0.665. The molecule has 1 aliphatic heterocycles. The van der Waals surface area contributed by atoms with E-state index in [-0.39, 0.29) is 5.41 Å². The minimum Gasteiger partial charge on any atom is -0.439 e. The molecule has 0 saturated heterocycles. The van der Waals surface area contributed by atoms with Crippen LogP contribution in [0.3, 0.4) is 0 Å². The zero-order valence-electron chi connectivity index (χ0n) is 19.6. The highest BCUT2D eigenvalue weighted by Crippen LogP contribution is 2.39. The Labute approximate surface area is 196 Å². The molecule has 2 heterocycles. The molecule has 0 aliphatic carbocycles. The van der Waals surface area contributed by atoms with Crippen molar-refractivity contribution in [2.45, 2.75) is 47.1 Å². The van der Waals surface area contributed by atoms with E-state index in [9.17, 15) is 0 Å². The molecule has 0 bridgehead atoms. The Morgan fingerprint density at radius 3 is 2.66 bits per heavy atom. The largest absolute Gasteiger partial charge is 0.439 e. The number of thiazole rings is 1. The van der Waals surface area contributed by atoms with Crippen LogP contribution in [0.2, 0.25) is 0 Å². The predicted molar refractivity (Wildman–Crippen MR) is 137 cm³/mol. The molecule has 0 unspecified atom stereocenters. The summed E-state index contributed by atoms with van der Waals surface area (Å²) in [5.74, 6) is 1.79. The van der Waals surface area contributed by atoms with Gasteiger partial charge in [-0.2, -0.15) is 4.57 Å². The zero-order valence-corrected chi connectivity index (χ0v) is 20.4. The Morgan fingerprint density at radius 2 is 1.88 bits per heavy atom. The van der Waals surface area contributed by atoms with Gasteiger partial charge in [-0.25, -0.2) is 0 Å². The molecule has 3 nitrogen and oxygen atoms in total. The number of anilines is 1.